The van der Waals surface area contributed by atoms with Crippen molar-refractivity contribution < 1.29 is 4.79 Å². The van der Waals surface area contributed by atoms with Crippen LogP contribution in [0.4, 0.5) is 11.4 Å². The molecule has 0 aliphatic heterocycles. The first-order valence-corrected chi connectivity index (χ1v) is 4.35. The summed E-state index contributed by atoms with van der Waals surface area (Å²) in [5, 5.41) is 2.69. The van der Waals surface area contributed by atoms with Gasteiger partial charge in [0.2, 0.25) is 5.91 Å². The molecule has 5 N–H and O–H groups in total. The van der Waals surface area contributed by atoms with Crippen molar-refractivity contribution in [2.75, 3.05) is 11.1 Å². The number of nitrogen functional groups attached to an aromatic ring is 1. The molecule has 0 bridgehead atoms. The molecule has 0 saturated heterocycles. The minimum Gasteiger partial charge on any atom is -0.399 e. The highest BCUT2D eigenvalue weighted by atomic mass is 16.2. The van der Waals surface area contributed by atoms with Gasteiger partial charge >= 0.3 is 0 Å². The van der Waals surface area contributed by atoms with Gasteiger partial charge in [0.1, 0.15) is 0 Å². The lowest BCUT2D eigenvalue weighted by Crippen LogP contribution is -2.45. The quantitative estimate of drug-likeness (QED) is 0.611. The third-order valence-electron chi connectivity index (χ3n) is 1.75. The molecule has 1 aromatic rings. The maximum atomic E-state index is 11.5. The van der Waals surface area contributed by atoms with Crippen LogP contribution >= 0.6 is 0 Å². The van der Waals surface area contributed by atoms with E-state index in [0.717, 1.165) is 0 Å². The predicted molar refractivity (Wildman–Crippen MR) is 57.8 cm³/mol. The molecule has 0 aliphatic carbocycles. The molecule has 4 nitrogen and oxygen atoms in total. The Morgan fingerprint density at radius 1 is 1.29 bits per heavy atom. The second-order valence-corrected chi connectivity index (χ2v) is 3.80. The van der Waals surface area contributed by atoms with Crippen LogP contribution in [-0.4, -0.2) is 11.4 Å². The smallest absolute Gasteiger partial charge is 0.243 e. The standard InChI is InChI=1S/C10H15N3O/c1-10(2,12)9(14)13-8-5-3-7(11)4-6-8/h3-6H,11-12H2,1-2H3,(H,13,14). The topological polar surface area (TPSA) is 81.1 Å². The van der Waals surface area contributed by atoms with Crippen molar-refractivity contribution in [3.05, 3.63) is 24.3 Å². The first-order valence-electron chi connectivity index (χ1n) is 4.35. The fourth-order valence-corrected chi connectivity index (χ4v) is 0.859. The Labute approximate surface area is 83.3 Å². The van der Waals surface area contributed by atoms with E-state index in [0.29, 0.717) is 11.4 Å². The zero-order chi connectivity index (χ0) is 10.8. The summed E-state index contributed by atoms with van der Waals surface area (Å²) in [5.41, 5.74) is 11.6. The molecule has 0 atom stereocenters. The van der Waals surface area contributed by atoms with Crippen LogP contribution in [0.5, 0.6) is 0 Å². The fourth-order valence-electron chi connectivity index (χ4n) is 0.859. The molecule has 0 unspecified atom stereocenters. The van der Waals surface area contributed by atoms with E-state index in [2.05, 4.69) is 5.32 Å². The van der Waals surface area contributed by atoms with Gasteiger partial charge in [0.15, 0.2) is 0 Å². The monoisotopic (exact) mass is 193 g/mol. The molecule has 4 heteroatoms. The summed E-state index contributed by atoms with van der Waals surface area (Å²) in [6.45, 7) is 3.30. The molecule has 0 heterocycles. The Kier molecular flexibility index (Phi) is 2.76. The van der Waals surface area contributed by atoms with Gasteiger partial charge < -0.3 is 16.8 Å². The van der Waals surface area contributed by atoms with Crippen molar-refractivity contribution in [1.29, 1.82) is 0 Å². The molecule has 0 saturated carbocycles. The van der Waals surface area contributed by atoms with Crippen LogP contribution in [0.25, 0.3) is 0 Å². The van der Waals surface area contributed by atoms with Gasteiger partial charge in [-0.25, -0.2) is 0 Å². The normalized spacial score (nSPS) is 11.1. The van der Waals surface area contributed by atoms with E-state index in [1.807, 2.05) is 0 Å². The second-order valence-electron chi connectivity index (χ2n) is 3.80. The number of carbonyl (C=O) groups is 1. The van der Waals surface area contributed by atoms with Gasteiger partial charge in [-0.1, -0.05) is 0 Å². The molecule has 0 radical (unpaired) electrons. The molecule has 1 amide bonds. The average Bonchev–Trinajstić information content (AvgIpc) is 2.07. The molecular weight excluding hydrogens is 178 g/mol. The Balaban J connectivity index is 2.71. The Bertz CT molecular complexity index is 324. The summed E-state index contributed by atoms with van der Waals surface area (Å²) in [5.74, 6) is -0.220. The highest BCUT2D eigenvalue weighted by Crippen LogP contribution is 2.12. The highest BCUT2D eigenvalue weighted by Gasteiger charge is 2.21. The number of anilines is 2. The van der Waals surface area contributed by atoms with Crippen LogP contribution < -0.4 is 16.8 Å². The van der Waals surface area contributed by atoms with Crippen LogP contribution in [0.1, 0.15) is 13.8 Å². The number of carbonyl (C=O) groups excluding carboxylic acids is 1. The third-order valence-corrected chi connectivity index (χ3v) is 1.75. The third kappa shape index (κ3) is 2.74. The molecule has 76 valence electrons. The van der Waals surface area contributed by atoms with Gasteiger partial charge in [-0.05, 0) is 38.1 Å². The number of nitrogens with two attached hydrogens (primary N) is 2. The Morgan fingerprint density at radius 3 is 2.21 bits per heavy atom. The lowest BCUT2D eigenvalue weighted by Gasteiger charge is -2.17. The summed E-state index contributed by atoms with van der Waals surface area (Å²) in [7, 11) is 0. The van der Waals surface area contributed by atoms with Crippen LogP contribution in [0, 0.1) is 0 Å². The van der Waals surface area contributed by atoms with E-state index < -0.39 is 5.54 Å². The van der Waals surface area contributed by atoms with Crippen molar-refractivity contribution in [1.82, 2.24) is 0 Å². The fraction of sp³-hybridized carbons (Fsp3) is 0.300. The molecule has 0 spiro atoms. The molecule has 1 aromatic carbocycles. The lowest BCUT2D eigenvalue weighted by molar-refractivity contribution is -0.120. The maximum Gasteiger partial charge on any atom is 0.243 e. The highest BCUT2D eigenvalue weighted by molar-refractivity contribution is 5.97. The molecular formula is C10H15N3O. The van der Waals surface area contributed by atoms with E-state index in [1.165, 1.54) is 0 Å². The van der Waals surface area contributed by atoms with Crippen LogP contribution in [0.2, 0.25) is 0 Å². The Morgan fingerprint density at radius 2 is 1.79 bits per heavy atom. The minimum absolute atomic E-state index is 0.220. The lowest BCUT2D eigenvalue weighted by atomic mass is 10.1. The van der Waals surface area contributed by atoms with Crippen LogP contribution in [-0.2, 0) is 4.79 Å². The zero-order valence-corrected chi connectivity index (χ0v) is 8.37. The van der Waals surface area contributed by atoms with Crippen molar-refractivity contribution in [3.8, 4) is 0 Å². The summed E-state index contributed by atoms with van der Waals surface area (Å²) >= 11 is 0. The number of benzene rings is 1. The predicted octanol–water partition coefficient (Wildman–Crippen LogP) is 0.945. The first kappa shape index (κ1) is 10.5. The molecule has 0 aliphatic rings. The number of amides is 1. The van der Waals surface area contributed by atoms with Gasteiger partial charge in [-0.3, -0.25) is 4.79 Å². The van der Waals surface area contributed by atoms with Gasteiger partial charge in [0, 0.05) is 11.4 Å². The maximum absolute atomic E-state index is 11.5. The molecule has 0 fully saturated rings. The largest absolute Gasteiger partial charge is 0.399 e. The number of rotatable bonds is 2. The molecule has 14 heavy (non-hydrogen) atoms. The average molecular weight is 193 g/mol. The van der Waals surface area contributed by atoms with Gasteiger partial charge in [0.05, 0.1) is 5.54 Å². The summed E-state index contributed by atoms with van der Waals surface area (Å²) < 4.78 is 0. The van der Waals surface area contributed by atoms with Crippen molar-refractivity contribution in [2.45, 2.75) is 19.4 Å². The van der Waals surface area contributed by atoms with E-state index in [1.54, 1.807) is 38.1 Å². The van der Waals surface area contributed by atoms with E-state index in [9.17, 15) is 4.79 Å². The van der Waals surface area contributed by atoms with Gasteiger partial charge in [0.25, 0.3) is 0 Å². The van der Waals surface area contributed by atoms with Crippen molar-refractivity contribution in [2.24, 2.45) is 5.73 Å². The van der Waals surface area contributed by atoms with E-state index in [4.69, 9.17) is 11.5 Å². The van der Waals surface area contributed by atoms with Gasteiger partial charge in [-0.15, -0.1) is 0 Å². The molecule has 1 rings (SSSR count). The van der Waals surface area contributed by atoms with Crippen LogP contribution in [0.3, 0.4) is 0 Å². The second kappa shape index (κ2) is 3.67. The number of nitrogens with one attached hydrogen (secondary N) is 1. The first-order chi connectivity index (χ1) is 6.39. The summed E-state index contributed by atoms with van der Waals surface area (Å²) in [4.78, 5) is 11.5. The summed E-state index contributed by atoms with van der Waals surface area (Å²) in [6, 6.07) is 6.91. The van der Waals surface area contributed by atoms with Gasteiger partial charge in [-0.2, -0.15) is 0 Å². The van der Waals surface area contributed by atoms with E-state index >= 15 is 0 Å². The summed E-state index contributed by atoms with van der Waals surface area (Å²) in [6.07, 6.45) is 0. The van der Waals surface area contributed by atoms with Crippen molar-refractivity contribution in [3.63, 3.8) is 0 Å². The zero-order valence-electron chi connectivity index (χ0n) is 8.37. The Hall–Kier alpha value is -1.55. The van der Waals surface area contributed by atoms with E-state index in [-0.39, 0.29) is 5.91 Å². The van der Waals surface area contributed by atoms with Crippen molar-refractivity contribution >= 4 is 17.3 Å². The number of hydrogen-bond acceptors (Lipinski definition) is 3. The SMILES string of the molecule is CC(C)(N)C(=O)Nc1ccc(N)cc1. The minimum atomic E-state index is -0.874. The molecule has 0 aromatic heterocycles. The van der Waals surface area contributed by atoms with Crippen LogP contribution in [0.15, 0.2) is 24.3 Å². The number of hydrogen-bond donors (Lipinski definition) is 3.